The number of carbonyl (C=O) groups excluding carboxylic acids is 1. The number of thioether (sulfide) groups is 1. The summed E-state index contributed by atoms with van der Waals surface area (Å²) in [4.78, 5) is 15.2. The number of hydrogen-bond donors (Lipinski definition) is 0. The zero-order valence-corrected chi connectivity index (χ0v) is 14.8. The third-order valence-electron chi connectivity index (χ3n) is 4.24. The highest BCUT2D eigenvalue weighted by Crippen LogP contribution is 2.39. The van der Waals surface area contributed by atoms with Gasteiger partial charge in [-0.1, -0.05) is 36.8 Å². The van der Waals surface area contributed by atoms with Crippen molar-refractivity contribution in [1.29, 1.82) is 0 Å². The van der Waals surface area contributed by atoms with E-state index >= 15 is 0 Å². The van der Waals surface area contributed by atoms with Gasteiger partial charge in [-0.3, -0.25) is 9.69 Å². The molecule has 0 aromatic heterocycles. The summed E-state index contributed by atoms with van der Waals surface area (Å²) in [5.41, 5.74) is 0.818. The normalized spacial score (nSPS) is 20.6. The predicted molar refractivity (Wildman–Crippen MR) is 96.8 cm³/mol. The molecule has 1 aliphatic carbocycles. The van der Waals surface area contributed by atoms with Crippen LogP contribution in [0.5, 0.6) is 11.5 Å². The Bertz CT molecular complexity index is 666. The summed E-state index contributed by atoms with van der Waals surface area (Å²) in [5, 5.41) is 0. The molecule has 23 heavy (non-hydrogen) atoms. The first kappa shape index (κ1) is 16.3. The van der Waals surface area contributed by atoms with Crippen LogP contribution >= 0.6 is 24.0 Å². The minimum absolute atomic E-state index is 0.0109. The van der Waals surface area contributed by atoms with E-state index in [9.17, 15) is 4.79 Å². The van der Waals surface area contributed by atoms with Crippen molar-refractivity contribution in [2.75, 3.05) is 14.2 Å². The number of ether oxygens (including phenoxy) is 2. The number of amides is 1. The van der Waals surface area contributed by atoms with Gasteiger partial charge in [0.25, 0.3) is 5.91 Å². The molecule has 2 aliphatic rings. The first-order valence-corrected chi connectivity index (χ1v) is 8.85. The van der Waals surface area contributed by atoms with Crippen LogP contribution in [0.15, 0.2) is 23.1 Å². The third-order valence-corrected chi connectivity index (χ3v) is 5.57. The highest BCUT2D eigenvalue weighted by molar-refractivity contribution is 8.26. The van der Waals surface area contributed by atoms with Gasteiger partial charge >= 0.3 is 0 Å². The van der Waals surface area contributed by atoms with Gasteiger partial charge in [0.1, 0.15) is 15.8 Å². The molecule has 2 fully saturated rings. The molecule has 0 unspecified atom stereocenters. The van der Waals surface area contributed by atoms with E-state index in [2.05, 4.69) is 0 Å². The molecule has 1 saturated carbocycles. The van der Waals surface area contributed by atoms with Gasteiger partial charge in [0.2, 0.25) is 0 Å². The molecule has 1 aromatic carbocycles. The highest BCUT2D eigenvalue weighted by atomic mass is 32.2. The number of nitrogens with zero attached hydrogens (tertiary/aromatic N) is 1. The first-order valence-electron chi connectivity index (χ1n) is 7.63. The van der Waals surface area contributed by atoms with Gasteiger partial charge in [-0.2, -0.15) is 0 Å². The van der Waals surface area contributed by atoms with Gasteiger partial charge < -0.3 is 9.47 Å². The van der Waals surface area contributed by atoms with E-state index in [1.54, 1.807) is 19.1 Å². The molecule has 122 valence electrons. The number of thiocarbonyl (C=S) groups is 1. The van der Waals surface area contributed by atoms with Crippen molar-refractivity contribution in [2.24, 2.45) is 0 Å². The molecule has 0 N–H and O–H groups in total. The molecule has 1 aromatic rings. The molecule has 1 amide bonds. The summed E-state index contributed by atoms with van der Waals surface area (Å²) in [5.74, 6) is 1.44. The second-order valence-corrected chi connectivity index (χ2v) is 7.27. The minimum Gasteiger partial charge on any atom is -0.497 e. The first-order chi connectivity index (χ1) is 11.1. The zero-order chi connectivity index (χ0) is 16.4. The molecule has 1 aliphatic heterocycles. The standard InChI is InChI=1S/C17H19NO3S2/c1-20-13-7-8-14(21-2)11(9-13)10-15-16(19)18(17(22)23-15)12-5-3-4-6-12/h7-10,12H,3-6H2,1-2H3/b15-10+. The predicted octanol–water partition coefficient (Wildman–Crippen LogP) is 3.85. The molecule has 1 heterocycles. The fourth-order valence-corrected chi connectivity index (χ4v) is 4.44. The second-order valence-electron chi connectivity index (χ2n) is 5.60. The van der Waals surface area contributed by atoms with Crippen LogP contribution in [0.2, 0.25) is 0 Å². The molecule has 0 radical (unpaired) electrons. The van der Waals surface area contributed by atoms with E-state index < -0.39 is 0 Å². The maximum Gasteiger partial charge on any atom is 0.266 e. The van der Waals surface area contributed by atoms with Crippen LogP contribution in [-0.2, 0) is 4.79 Å². The highest BCUT2D eigenvalue weighted by Gasteiger charge is 2.38. The van der Waals surface area contributed by atoms with E-state index in [0.717, 1.165) is 24.2 Å². The summed E-state index contributed by atoms with van der Waals surface area (Å²) in [6.45, 7) is 0. The van der Waals surface area contributed by atoms with Crippen LogP contribution in [0.25, 0.3) is 6.08 Å². The Morgan fingerprint density at radius 2 is 2.00 bits per heavy atom. The van der Waals surface area contributed by atoms with Gasteiger partial charge in [-0.25, -0.2) is 0 Å². The average molecular weight is 349 g/mol. The summed E-state index contributed by atoms with van der Waals surface area (Å²) < 4.78 is 11.3. The average Bonchev–Trinajstić information content (AvgIpc) is 3.16. The van der Waals surface area contributed by atoms with E-state index in [-0.39, 0.29) is 11.9 Å². The van der Waals surface area contributed by atoms with E-state index in [1.165, 1.54) is 24.6 Å². The van der Waals surface area contributed by atoms with Crippen molar-refractivity contribution < 1.29 is 14.3 Å². The fraction of sp³-hybridized carbons (Fsp3) is 0.412. The van der Waals surface area contributed by atoms with Crippen molar-refractivity contribution in [1.82, 2.24) is 4.90 Å². The summed E-state index contributed by atoms with van der Waals surface area (Å²) in [7, 11) is 3.23. The molecule has 6 heteroatoms. The van der Waals surface area contributed by atoms with Crippen molar-refractivity contribution in [3.05, 3.63) is 28.7 Å². The Kier molecular flexibility index (Phi) is 4.92. The smallest absolute Gasteiger partial charge is 0.266 e. The number of rotatable bonds is 4. The fourth-order valence-electron chi connectivity index (χ4n) is 3.05. The maximum atomic E-state index is 12.7. The number of hydrogen-bond acceptors (Lipinski definition) is 5. The molecular weight excluding hydrogens is 330 g/mol. The van der Waals surface area contributed by atoms with Crippen molar-refractivity contribution in [2.45, 2.75) is 31.7 Å². The maximum absolute atomic E-state index is 12.7. The monoisotopic (exact) mass is 349 g/mol. The molecule has 1 saturated heterocycles. The van der Waals surface area contributed by atoms with Crippen LogP contribution in [0.3, 0.4) is 0 Å². The molecule has 0 atom stereocenters. The van der Waals surface area contributed by atoms with Crippen LogP contribution in [-0.4, -0.2) is 35.4 Å². The number of carbonyl (C=O) groups is 1. The van der Waals surface area contributed by atoms with E-state index in [4.69, 9.17) is 21.7 Å². The van der Waals surface area contributed by atoms with Gasteiger partial charge in [-0.15, -0.1) is 0 Å². The molecule has 4 nitrogen and oxygen atoms in total. The Morgan fingerprint density at radius 1 is 1.26 bits per heavy atom. The molecule has 0 bridgehead atoms. The van der Waals surface area contributed by atoms with Gasteiger partial charge in [0.15, 0.2) is 0 Å². The summed E-state index contributed by atoms with van der Waals surface area (Å²) >= 11 is 6.80. The number of benzene rings is 1. The number of methoxy groups -OCH3 is 2. The Hall–Kier alpha value is -1.53. The largest absolute Gasteiger partial charge is 0.497 e. The Labute approximate surface area is 145 Å². The molecule has 0 spiro atoms. The van der Waals surface area contributed by atoms with Crippen molar-refractivity contribution in [3.8, 4) is 11.5 Å². The zero-order valence-electron chi connectivity index (χ0n) is 13.2. The van der Waals surface area contributed by atoms with Crippen molar-refractivity contribution >= 4 is 40.3 Å². The second kappa shape index (κ2) is 6.93. The Balaban J connectivity index is 1.91. The SMILES string of the molecule is COc1ccc(OC)c(/C=C2/SC(=S)N(C3CCCC3)C2=O)c1. The van der Waals surface area contributed by atoms with Crippen molar-refractivity contribution in [3.63, 3.8) is 0 Å². The van der Waals surface area contributed by atoms with Gasteiger partial charge in [0.05, 0.1) is 19.1 Å². The van der Waals surface area contributed by atoms with Crippen LogP contribution in [0, 0.1) is 0 Å². The minimum atomic E-state index is 0.0109. The van der Waals surface area contributed by atoms with Crippen LogP contribution in [0.4, 0.5) is 0 Å². The van der Waals surface area contributed by atoms with E-state index in [1.807, 2.05) is 24.3 Å². The summed E-state index contributed by atoms with van der Waals surface area (Å²) in [6.07, 6.45) is 6.27. The topological polar surface area (TPSA) is 38.8 Å². The summed E-state index contributed by atoms with van der Waals surface area (Å²) in [6, 6.07) is 5.80. The van der Waals surface area contributed by atoms with E-state index in [0.29, 0.717) is 15.0 Å². The lowest BCUT2D eigenvalue weighted by Crippen LogP contribution is -2.36. The van der Waals surface area contributed by atoms with Gasteiger partial charge in [-0.05, 0) is 37.1 Å². The Morgan fingerprint density at radius 3 is 2.65 bits per heavy atom. The van der Waals surface area contributed by atoms with Gasteiger partial charge in [0, 0.05) is 11.6 Å². The van der Waals surface area contributed by atoms with Crippen LogP contribution < -0.4 is 9.47 Å². The lowest BCUT2D eigenvalue weighted by atomic mass is 10.1. The lowest BCUT2D eigenvalue weighted by Gasteiger charge is -2.21. The molecular formula is C17H19NO3S2. The third kappa shape index (κ3) is 3.23. The lowest BCUT2D eigenvalue weighted by molar-refractivity contribution is -0.123. The molecule has 3 rings (SSSR count). The quantitative estimate of drug-likeness (QED) is 0.610. The van der Waals surface area contributed by atoms with Crippen LogP contribution in [0.1, 0.15) is 31.2 Å².